The van der Waals surface area contributed by atoms with Gasteiger partial charge in [-0.1, -0.05) is 29.8 Å². The van der Waals surface area contributed by atoms with Crippen molar-refractivity contribution in [3.63, 3.8) is 0 Å². The molecule has 0 aliphatic carbocycles. The van der Waals surface area contributed by atoms with Gasteiger partial charge in [-0.25, -0.2) is 0 Å². The summed E-state index contributed by atoms with van der Waals surface area (Å²) in [5.74, 6) is 0.769. The summed E-state index contributed by atoms with van der Waals surface area (Å²) in [4.78, 5) is 29.1. The van der Waals surface area contributed by atoms with E-state index < -0.39 is 6.04 Å². The van der Waals surface area contributed by atoms with Crippen molar-refractivity contribution in [2.45, 2.75) is 45.0 Å². The van der Waals surface area contributed by atoms with Gasteiger partial charge < -0.3 is 24.4 Å². The number of tetrazole rings is 1. The van der Waals surface area contributed by atoms with E-state index in [4.69, 9.17) is 25.8 Å². The Hall–Kier alpha value is -3.70. The molecule has 0 spiro atoms. The Balaban J connectivity index is 1.50. The van der Waals surface area contributed by atoms with Crippen LogP contribution in [-0.2, 0) is 27.4 Å². The first-order chi connectivity index (χ1) is 18.4. The number of nitrogens with one attached hydrogen (secondary N) is 1. The predicted octanol–water partition coefficient (Wildman–Crippen LogP) is 2.72. The van der Waals surface area contributed by atoms with Crippen molar-refractivity contribution in [2.75, 3.05) is 27.4 Å². The second-order valence-electron chi connectivity index (χ2n) is 8.88. The van der Waals surface area contributed by atoms with E-state index in [0.29, 0.717) is 41.1 Å². The van der Waals surface area contributed by atoms with Crippen molar-refractivity contribution in [1.29, 1.82) is 0 Å². The summed E-state index contributed by atoms with van der Waals surface area (Å²) in [6, 6.07) is 11.7. The van der Waals surface area contributed by atoms with Crippen molar-refractivity contribution in [1.82, 2.24) is 30.4 Å². The molecule has 38 heavy (non-hydrogen) atoms. The number of ether oxygens (including phenoxy) is 3. The van der Waals surface area contributed by atoms with Crippen LogP contribution >= 0.6 is 11.6 Å². The second-order valence-corrected chi connectivity index (χ2v) is 9.29. The number of nitrogens with zero attached hydrogens (tertiary/aromatic N) is 5. The van der Waals surface area contributed by atoms with Gasteiger partial charge in [0.1, 0.15) is 12.6 Å². The molecule has 202 valence electrons. The Morgan fingerprint density at radius 1 is 1.21 bits per heavy atom. The number of carbonyl (C=O) groups is 2. The lowest BCUT2D eigenvalue weighted by atomic mass is 10.1. The second kappa shape index (κ2) is 12.7. The largest absolute Gasteiger partial charge is 0.493 e. The Kier molecular flexibility index (Phi) is 9.14. The molecule has 0 radical (unpaired) electrons. The number of amides is 2. The maximum Gasteiger partial charge on any atom is 0.247 e. The molecule has 0 saturated carbocycles. The first-order valence-corrected chi connectivity index (χ1v) is 12.7. The van der Waals surface area contributed by atoms with E-state index in [1.165, 1.54) is 16.8 Å². The molecule has 2 heterocycles. The third kappa shape index (κ3) is 6.59. The van der Waals surface area contributed by atoms with Crippen molar-refractivity contribution in [2.24, 2.45) is 0 Å². The zero-order chi connectivity index (χ0) is 27.1. The third-order valence-corrected chi connectivity index (χ3v) is 6.73. The first-order valence-electron chi connectivity index (χ1n) is 12.3. The fourth-order valence-corrected chi connectivity index (χ4v) is 4.37. The van der Waals surface area contributed by atoms with Gasteiger partial charge in [0, 0.05) is 30.3 Å². The monoisotopic (exact) mass is 542 g/mol. The summed E-state index contributed by atoms with van der Waals surface area (Å²) in [6.45, 7) is 2.71. The molecule has 1 saturated heterocycles. The van der Waals surface area contributed by atoms with E-state index in [1.807, 2.05) is 18.2 Å². The highest BCUT2D eigenvalue weighted by Gasteiger charge is 2.28. The summed E-state index contributed by atoms with van der Waals surface area (Å²) in [6.07, 6.45) is 1.87. The molecule has 2 atom stereocenters. The molecule has 1 aliphatic rings. The predicted molar refractivity (Wildman–Crippen MR) is 140 cm³/mol. The van der Waals surface area contributed by atoms with Gasteiger partial charge in [-0.15, -0.1) is 10.2 Å². The van der Waals surface area contributed by atoms with Crippen LogP contribution in [-0.4, -0.2) is 76.4 Å². The lowest BCUT2D eigenvalue weighted by molar-refractivity contribution is -0.141. The van der Waals surface area contributed by atoms with Crippen LogP contribution in [0, 0.1) is 0 Å². The molecule has 1 fully saturated rings. The van der Waals surface area contributed by atoms with E-state index in [1.54, 1.807) is 38.3 Å². The number of hydrogen-bond acceptors (Lipinski definition) is 8. The van der Waals surface area contributed by atoms with E-state index in [-0.39, 0.29) is 31.0 Å². The van der Waals surface area contributed by atoms with E-state index >= 15 is 0 Å². The molecular weight excluding hydrogens is 512 g/mol. The van der Waals surface area contributed by atoms with E-state index in [2.05, 4.69) is 20.7 Å². The zero-order valence-corrected chi connectivity index (χ0v) is 22.3. The molecule has 11 nitrogen and oxygen atoms in total. The van der Waals surface area contributed by atoms with Crippen LogP contribution in [0.4, 0.5) is 0 Å². The van der Waals surface area contributed by atoms with Crippen LogP contribution in [0.25, 0.3) is 11.4 Å². The Labute approximate surface area is 226 Å². The van der Waals surface area contributed by atoms with Crippen LogP contribution < -0.4 is 14.8 Å². The fourth-order valence-electron chi connectivity index (χ4n) is 4.17. The maximum absolute atomic E-state index is 13.5. The van der Waals surface area contributed by atoms with Crippen LogP contribution in [0.15, 0.2) is 42.5 Å². The number of methoxy groups -OCH3 is 2. The molecule has 3 aromatic rings. The summed E-state index contributed by atoms with van der Waals surface area (Å²) < 4.78 is 16.2. The van der Waals surface area contributed by atoms with Gasteiger partial charge in [0.25, 0.3) is 0 Å². The smallest absolute Gasteiger partial charge is 0.247 e. The van der Waals surface area contributed by atoms with Gasteiger partial charge in [0.05, 0.1) is 20.3 Å². The average molecular weight is 543 g/mol. The number of rotatable bonds is 11. The fraction of sp³-hybridized carbons (Fsp3) is 0.423. The lowest BCUT2D eigenvalue weighted by Gasteiger charge is -2.29. The Morgan fingerprint density at radius 3 is 2.71 bits per heavy atom. The van der Waals surface area contributed by atoms with Gasteiger partial charge in [-0.3, -0.25) is 9.59 Å². The quantitative estimate of drug-likeness (QED) is 0.392. The average Bonchev–Trinajstić information content (AvgIpc) is 3.63. The van der Waals surface area contributed by atoms with Gasteiger partial charge in [0.15, 0.2) is 11.5 Å². The molecule has 2 amide bonds. The number of aromatic nitrogens is 4. The summed E-state index contributed by atoms with van der Waals surface area (Å²) in [7, 11) is 3.09. The zero-order valence-electron chi connectivity index (χ0n) is 21.6. The van der Waals surface area contributed by atoms with Crippen molar-refractivity contribution < 1.29 is 23.8 Å². The van der Waals surface area contributed by atoms with Crippen LogP contribution in [0.3, 0.4) is 0 Å². The molecule has 2 aromatic carbocycles. The van der Waals surface area contributed by atoms with Crippen molar-refractivity contribution >= 4 is 23.4 Å². The first kappa shape index (κ1) is 27.3. The number of carbonyl (C=O) groups excluding carboxylic acids is 2. The van der Waals surface area contributed by atoms with Crippen molar-refractivity contribution in [3.05, 3.63) is 53.1 Å². The molecule has 0 bridgehead atoms. The highest BCUT2D eigenvalue weighted by atomic mass is 35.5. The Bertz CT molecular complexity index is 1260. The summed E-state index contributed by atoms with van der Waals surface area (Å²) in [5.41, 5.74) is 1.37. The van der Waals surface area contributed by atoms with Crippen LogP contribution in [0.2, 0.25) is 5.02 Å². The number of benzene rings is 2. The van der Waals surface area contributed by atoms with Gasteiger partial charge in [0.2, 0.25) is 17.6 Å². The number of halogens is 1. The molecule has 1 aliphatic heterocycles. The van der Waals surface area contributed by atoms with Crippen LogP contribution in [0.1, 0.15) is 25.3 Å². The molecule has 1 N–H and O–H groups in total. The molecule has 12 heteroatoms. The highest BCUT2D eigenvalue weighted by molar-refractivity contribution is 6.31. The topological polar surface area (TPSA) is 121 Å². The maximum atomic E-state index is 13.5. The summed E-state index contributed by atoms with van der Waals surface area (Å²) >= 11 is 6.37. The van der Waals surface area contributed by atoms with Gasteiger partial charge in [-0.2, -0.15) is 4.80 Å². The summed E-state index contributed by atoms with van der Waals surface area (Å²) in [5, 5.41) is 15.9. The number of hydrogen-bond donors (Lipinski definition) is 1. The minimum atomic E-state index is -0.769. The molecule has 1 aromatic heterocycles. The minimum Gasteiger partial charge on any atom is -0.493 e. The SMILES string of the molecule is COc1ccc(-c2nnn(CC(=O)N(Cc3ccccc3Cl)C(C)C(=O)NCC3CCCO3)n2)cc1OC. The molecule has 4 rings (SSSR count). The van der Waals surface area contributed by atoms with Crippen LogP contribution in [0.5, 0.6) is 11.5 Å². The minimum absolute atomic E-state index is 0.00628. The lowest BCUT2D eigenvalue weighted by Crippen LogP contribution is -2.49. The molecular formula is C26H31ClN6O5. The van der Waals surface area contributed by atoms with E-state index in [0.717, 1.165) is 18.4 Å². The van der Waals surface area contributed by atoms with Gasteiger partial charge >= 0.3 is 0 Å². The standard InChI is InChI=1S/C26H31ClN6O5/c1-17(26(35)28-14-20-8-6-12-38-20)32(15-19-7-4-5-9-21(19)27)24(34)16-33-30-25(29-31-33)18-10-11-22(36-2)23(13-18)37-3/h4-5,7,9-11,13,17,20H,6,8,12,14-16H2,1-3H3,(H,28,35). The van der Waals surface area contributed by atoms with Crippen molar-refractivity contribution in [3.8, 4) is 22.9 Å². The third-order valence-electron chi connectivity index (χ3n) is 6.37. The van der Waals surface area contributed by atoms with E-state index in [9.17, 15) is 9.59 Å². The van der Waals surface area contributed by atoms with Gasteiger partial charge in [-0.05, 0) is 54.8 Å². The molecule has 2 unspecified atom stereocenters. The normalized spacial score (nSPS) is 15.6. The highest BCUT2D eigenvalue weighted by Crippen LogP contribution is 2.30. The Morgan fingerprint density at radius 2 is 2.00 bits per heavy atom.